The Morgan fingerprint density at radius 1 is 1.12 bits per heavy atom. The summed E-state index contributed by atoms with van der Waals surface area (Å²) in [5.74, 6) is 0.685. The highest BCUT2D eigenvalue weighted by Gasteiger charge is 2.20. The molecule has 3 aromatic rings. The van der Waals surface area contributed by atoms with E-state index in [-0.39, 0.29) is 24.1 Å². The molecule has 9 heteroatoms. The lowest BCUT2D eigenvalue weighted by atomic mass is 10.3. The summed E-state index contributed by atoms with van der Waals surface area (Å²) in [5, 5.41) is 0.761. The second-order valence-electron chi connectivity index (χ2n) is 7.09. The second-order valence-corrected chi connectivity index (χ2v) is 10.2. The van der Waals surface area contributed by atoms with Crippen LogP contribution in [-0.4, -0.2) is 47.7 Å². The van der Waals surface area contributed by atoms with Gasteiger partial charge in [0, 0.05) is 28.9 Å². The standard InChI is InChI=1S/C23H27BrFN3OS2.ClH/c1-3-27(4-2)13-14-28(23-26-20-12-7-17(24)16-21(20)31-23)22(29)6-5-15-30-19-10-8-18(25)9-11-19;/h7-12,16H,3-6,13-15H2,1-2H3;1H. The van der Waals surface area contributed by atoms with Gasteiger partial charge in [-0.3, -0.25) is 9.69 Å². The van der Waals surface area contributed by atoms with E-state index in [4.69, 9.17) is 4.98 Å². The molecule has 0 radical (unpaired) electrons. The number of nitrogens with zero attached hydrogens (tertiary/aromatic N) is 3. The lowest BCUT2D eigenvalue weighted by molar-refractivity contribution is -0.118. The van der Waals surface area contributed by atoms with Crippen LogP contribution in [0.15, 0.2) is 51.8 Å². The van der Waals surface area contributed by atoms with Gasteiger partial charge in [-0.15, -0.1) is 24.2 Å². The molecule has 1 aromatic heterocycles. The van der Waals surface area contributed by atoms with Gasteiger partial charge in [0.25, 0.3) is 0 Å². The molecule has 0 saturated heterocycles. The van der Waals surface area contributed by atoms with Crippen molar-refractivity contribution in [3.8, 4) is 0 Å². The van der Waals surface area contributed by atoms with Crippen LogP contribution in [0.3, 0.4) is 0 Å². The first-order chi connectivity index (χ1) is 15.0. The highest BCUT2D eigenvalue weighted by atomic mass is 79.9. The Morgan fingerprint density at radius 3 is 2.53 bits per heavy atom. The molecule has 0 aliphatic rings. The largest absolute Gasteiger partial charge is 0.302 e. The number of thiazole rings is 1. The van der Waals surface area contributed by atoms with Gasteiger partial charge in [0.05, 0.1) is 10.2 Å². The van der Waals surface area contributed by atoms with Crippen molar-refractivity contribution in [2.24, 2.45) is 0 Å². The predicted molar refractivity (Wildman–Crippen MR) is 141 cm³/mol. The summed E-state index contributed by atoms with van der Waals surface area (Å²) in [7, 11) is 0. The number of amides is 1. The molecule has 0 fully saturated rings. The number of anilines is 1. The fourth-order valence-electron chi connectivity index (χ4n) is 3.19. The number of fused-ring (bicyclic) bond motifs is 1. The normalized spacial score (nSPS) is 11.0. The van der Waals surface area contributed by atoms with Gasteiger partial charge in [0.15, 0.2) is 5.13 Å². The molecule has 1 heterocycles. The van der Waals surface area contributed by atoms with E-state index in [1.165, 1.54) is 12.1 Å². The molecule has 4 nitrogen and oxygen atoms in total. The number of carbonyl (C=O) groups excluding carboxylic acids is 1. The number of hydrogen-bond donors (Lipinski definition) is 0. The van der Waals surface area contributed by atoms with Crippen LogP contribution in [0.1, 0.15) is 26.7 Å². The number of aromatic nitrogens is 1. The lowest BCUT2D eigenvalue weighted by Gasteiger charge is -2.24. The molecule has 174 valence electrons. The van der Waals surface area contributed by atoms with Crippen molar-refractivity contribution in [2.45, 2.75) is 31.6 Å². The molecule has 0 bridgehead atoms. The molecule has 0 aliphatic carbocycles. The topological polar surface area (TPSA) is 36.4 Å². The van der Waals surface area contributed by atoms with Crippen molar-refractivity contribution >= 4 is 72.7 Å². The van der Waals surface area contributed by atoms with Gasteiger partial charge in [-0.2, -0.15) is 0 Å². The van der Waals surface area contributed by atoms with E-state index in [1.54, 1.807) is 35.2 Å². The Hall–Kier alpha value is -1.19. The Bertz CT molecular complexity index is 999. The summed E-state index contributed by atoms with van der Waals surface area (Å²) in [6.07, 6.45) is 1.23. The van der Waals surface area contributed by atoms with E-state index >= 15 is 0 Å². The van der Waals surface area contributed by atoms with E-state index in [2.05, 4.69) is 34.7 Å². The maximum atomic E-state index is 13.1. The number of halogens is 3. The molecule has 0 N–H and O–H groups in total. The molecule has 3 rings (SSSR count). The number of thioether (sulfide) groups is 1. The first kappa shape index (κ1) is 27.1. The molecule has 0 spiro atoms. The van der Waals surface area contributed by atoms with Crippen LogP contribution in [0.4, 0.5) is 9.52 Å². The van der Waals surface area contributed by atoms with Crippen LogP contribution < -0.4 is 4.90 Å². The van der Waals surface area contributed by atoms with Gasteiger partial charge in [-0.25, -0.2) is 9.37 Å². The molecule has 32 heavy (non-hydrogen) atoms. The van der Waals surface area contributed by atoms with Crippen molar-refractivity contribution in [1.29, 1.82) is 0 Å². The van der Waals surface area contributed by atoms with Crippen LogP contribution >= 0.6 is 51.4 Å². The second kappa shape index (κ2) is 13.5. The van der Waals surface area contributed by atoms with Crippen LogP contribution in [0, 0.1) is 5.82 Å². The van der Waals surface area contributed by atoms with Gasteiger partial charge < -0.3 is 4.90 Å². The number of carbonyl (C=O) groups is 1. The van der Waals surface area contributed by atoms with Gasteiger partial charge in [-0.05, 0) is 67.7 Å². The minimum atomic E-state index is -0.230. The summed E-state index contributed by atoms with van der Waals surface area (Å²) in [6.45, 7) is 7.64. The van der Waals surface area contributed by atoms with E-state index in [1.807, 2.05) is 23.1 Å². The van der Waals surface area contributed by atoms with E-state index in [9.17, 15) is 9.18 Å². The third kappa shape index (κ3) is 7.70. The zero-order valence-corrected chi connectivity index (χ0v) is 22.3. The molecular formula is C23H28BrClFN3OS2. The zero-order chi connectivity index (χ0) is 22.2. The van der Waals surface area contributed by atoms with Crippen molar-refractivity contribution in [2.75, 3.05) is 36.8 Å². The van der Waals surface area contributed by atoms with Gasteiger partial charge in [0.2, 0.25) is 5.91 Å². The quantitative estimate of drug-likeness (QED) is 0.189. The molecule has 2 aromatic carbocycles. The minimum Gasteiger partial charge on any atom is -0.302 e. The molecular weight excluding hydrogens is 533 g/mol. The summed E-state index contributed by atoms with van der Waals surface area (Å²) < 4.78 is 15.1. The zero-order valence-electron chi connectivity index (χ0n) is 18.2. The molecule has 0 atom stereocenters. The van der Waals surface area contributed by atoms with Crippen LogP contribution in [0.2, 0.25) is 0 Å². The van der Waals surface area contributed by atoms with E-state index in [0.29, 0.717) is 13.0 Å². The summed E-state index contributed by atoms with van der Waals surface area (Å²) in [6, 6.07) is 12.5. The van der Waals surface area contributed by atoms with Crippen LogP contribution in [-0.2, 0) is 4.79 Å². The Morgan fingerprint density at radius 2 is 1.84 bits per heavy atom. The minimum absolute atomic E-state index is 0. The number of likely N-dealkylation sites (N-methyl/N-ethyl adjacent to an activating group) is 1. The Kier molecular flexibility index (Phi) is 11.4. The average Bonchev–Trinajstić information content (AvgIpc) is 3.18. The fourth-order valence-corrected chi connectivity index (χ4v) is 5.60. The summed E-state index contributed by atoms with van der Waals surface area (Å²) in [5.41, 5.74) is 0.913. The average molecular weight is 561 g/mol. The monoisotopic (exact) mass is 559 g/mol. The highest BCUT2D eigenvalue weighted by molar-refractivity contribution is 9.10. The SMILES string of the molecule is CCN(CC)CCN(C(=O)CCCSc1ccc(F)cc1)c1nc2ccc(Br)cc2s1.Cl. The third-order valence-corrected chi connectivity index (χ3v) is 7.66. The predicted octanol–water partition coefficient (Wildman–Crippen LogP) is 6.87. The van der Waals surface area contributed by atoms with Gasteiger partial charge in [-0.1, -0.05) is 41.1 Å². The highest BCUT2D eigenvalue weighted by Crippen LogP contribution is 2.31. The maximum Gasteiger partial charge on any atom is 0.228 e. The van der Waals surface area contributed by atoms with Crippen LogP contribution in [0.5, 0.6) is 0 Å². The van der Waals surface area contributed by atoms with Crippen LogP contribution in [0.25, 0.3) is 10.2 Å². The van der Waals surface area contributed by atoms with E-state index in [0.717, 1.165) is 56.5 Å². The number of benzene rings is 2. The first-order valence-electron chi connectivity index (χ1n) is 10.5. The maximum absolute atomic E-state index is 13.1. The summed E-state index contributed by atoms with van der Waals surface area (Å²) in [4.78, 5) is 23.0. The van der Waals surface area contributed by atoms with Crippen molar-refractivity contribution in [3.63, 3.8) is 0 Å². The third-order valence-electron chi connectivity index (χ3n) is 5.02. The fraction of sp³-hybridized carbons (Fsp3) is 0.391. The molecule has 0 aliphatic heterocycles. The Labute approximate surface area is 212 Å². The lowest BCUT2D eigenvalue weighted by Crippen LogP contribution is -2.38. The van der Waals surface area contributed by atoms with Crippen molar-refractivity contribution < 1.29 is 9.18 Å². The van der Waals surface area contributed by atoms with E-state index < -0.39 is 0 Å². The van der Waals surface area contributed by atoms with Gasteiger partial charge >= 0.3 is 0 Å². The smallest absolute Gasteiger partial charge is 0.228 e. The van der Waals surface area contributed by atoms with Gasteiger partial charge in [0.1, 0.15) is 5.82 Å². The molecule has 0 saturated carbocycles. The number of rotatable bonds is 11. The Balaban J connectivity index is 0.00000363. The molecule has 1 amide bonds. The number of hydrogen-bond acceptors (Lipinski definition) is 5. The van der Waals surface area contributed by atoms with Crippen molar-refractivity contribution in [1.82, 2.24) is 9.88 Å². The summed E-state index contributed by atoms with van der Waals surface area (Å²) >= 11 is 6.71. The van der Waals surface area contributed by atoms with Crippen molar-refractivity contribution in [3.05, 3.63) is 52.8 Å². The first-order valence-corrected chi connectivity index (χ1v) is 13.1. The molecule has 0 unspecified atom stereocenters.